The van der Waals surface area contributed by atoms with Crippen LogP contribution in [0.3, 0.4) is 0 Å². The molecule has 3 aliphatic rings. The van der Waals surface area contributed by atoms with E-state index in [1.54, 1.807) is 0 Å². The molecule has 5 nitrogen and oxygen atoms in total. The van der Waals surface area contributed by atoms with Gasteiger partial charge in [0.2, 0.25) is 5.91 Å². The van der Waals surface area contributed by atoms with E-state index in [2.05, 4.69) is 19.2 Å². The van der Waals surface area contributed by atoms with Crippen molar-refractivity contribution in [1.29, 1.82) is 0 Å². The zero-order valence-corrected chi connectivity index (χ0v) is 13.3. The first-order valence-corrected chi connectivity index (χ1v) is 7.23. The number of nitrogens with two attached hydrogens (primary N) is 1. The highest BCUT2D eigenvalue weighted by Gasteiger charge is 2.43. The normalized spacial score (nSPS) is 28.2. The van der Waals surface area contributed by atoms with Gasteiger partial charge in [0.1, 0.15) is 18.0 Å². The van der Waals surface area contributed by atoms with Crippen LogP contribution in [0.25, 0.3) is 0 Å². The van der Waals surface area contributed by atoms with Gasteiger partial charge in [-0.05, 0) is 18.4 Å². The Balaban J connectivity index is 0.00000161. The van der Waals surface area contributed by atoms with E-state index in [0.717, 1.165) is 36.3 Å². The third kappa shape index (κ3) is 2.70. The van der Waals surface area contributed by atoms with E-state index in [4.69, 9.17) is 10.5 Å². The number of hydrogen-bond donors (Lipinski definition) is 3. The highest BCUT2D eigenvalue weighted by Crippen LogP contribution is 2.49. The molecule has 4 N–H and O–H groups in total. The number of allylic oxidation sites excluding steroid dienone is 2. The summed E-state index contributed by atoms with van der Waals surface area (Å²) in [5.41, 5.74) is 8.80. The largest absolute Gasteiger partial charge is 0.487 e. The topological polar surface area (TPSA) is 84.6 Å². The van der Waals surface area contributed by atoms with E-state index in [1.807, 2.05) is 0 Å². The average molecular weight is 315 g/mol. The summed E-state index contributed by atoms with van der Waals surface area (Å²) in [5, 5.41) is 12.9. The van der Waals surface area contributed by atoms with Gasteiger partial charge in [-0.15, -0.1) is 12.4 Å². The van der Waals surface area contributed by atoms with Crippen LogP contribution in [0.15, 0.2) is 22.6 Å². The van der Waals surface area contributed by atoms with E-state index in [0.29, 0.717) is 6.42 Å². The zero-order chi connectivity index (χ0) is 14.5. The van der Waals surface area contributed by atoms with Crippen LogP contribution in [0.2, 0.25) is 0 Å². The van der Waals surface area contributed by atoms with Gasteiger partial charge in [0.25, 0.3) is 0 Å². The molecule has 0 bridgehead atoms. The van der Waals surface area contributed by atoms with Crippen LogP contribution in [0.5, 0.6) is 0 Å². The Labute approximate surface area is 131 Å². The molecule has 3 rings (SSSR count). The standard InChI is InChI=1S/C15H22N2O3.ClH/c1-15(2)6-8-5-11(10(18)7-16)20-13(8)9-3-4-12(19)17-14(9)15;/h10-11,18H,3-7,16H2,1-2H3,(H,17,19);1H. The lowest BCUT2D eigenvalue weighted by atomic mass is 9.73. The van der Waals surface area contributed by atoms with E-state index >= 15 is 0 Å². The lowest BCUT2D eigenvalue weighted by Crippen LogP contribution is -2.38. The molecule has 21 heavy (non-hydrogen) atoms. The van der Waals surface area contributed by atoms with Crippen LogP contribution < -0.4 is 11.1 Å². The number of carbonyl (C=O) groups is 1. The molecular formula is C15H23ClN2O3. The van der Waals surface area contributed by atoms with Gasteiger partial charge in [-0.25, -0.2) is 0 Å². The minimum absolute atomic E-state index is 0. The van der Waals surface area contributed by atoms with Crippen molar-refractivity contribution < 1.29 is 14.6 Å². The fraction of sp³-hybridized carbons (Fsp3) is 0.667. The third-order valence-electron chi connectivity index (χ3n) is 4.48. The summed E-state index contributed by atoms with van der Waals surface area (Å²) in [4.78, 5) is 11.7. The molecular weight excluding hydrogens is 292 g/mol. The van der Waals surface area contributed by atoms with Crippen LogP contribution in [-0.2, 0) is 9.53 Å². The summed E-state index contributed by atoms with van der Waals surface area (Å²) >= 11 is 0. The molecule has 0 saturated carbocycles. The van der Waals surface area contributed by atoms with E-state index < -0.39 is 6.10 Å². The number of hydrogen-bond acceptors (Lipinski definition) is 4. The first-order valence-electron chi connectivity index (χ1n) is 7.23. The summed E-state index contributed by atoms with van der Waals surface area (Å²) in [6.45, 7) is 4.49. The van der Waals surface area contributed by atoms with Crippen LogP contribution >= 0.6 is 12.4 Å². The molecule has 0 fully saturated rings. The van der Waals surface area contributed by atoms with Crippen molar-refractivity contribution in [3.8, 4) is 0 Å². The highest BCUT2D eigenvalue weighted by atomic mass is 35.5. The maximum absolute atomic E-state index is 11.7. The Bertz CT molecular complexity index is 525. The van der Waals surface area contributed by atoms with E-state index in [1.165, 1.54) is 5.57 Å². The third-order valence-corrected chi connectivity index (χ3v) is 4.48. The van der Waals surface area contributed by atoms with Gasteiger partial charge in [0.05, 0.1) is 0 Å². The Morgan fingerprint density at radius 1 is 1.48 bits per heavy atom. The smallest absolute Gasteiger partial charge is 0.224 e. The van der Waals surface area contributed by atoms with Gasteiger partial charge in [-0.2, -0.15) is 0 Å². The van der Waals surface area contributed by atoms with Crippen molar-refractivity contribution in [2.75, 3.05) is 6.54 Å². The molecule has 0 aromatic carbocycles. The number of aliphatic hydroxyl groups excluding tert-OH is 1. The van der Waals surface area contributed by atoms with Gasteiger partial charge in [-0.3, -0.25) is 4.79 Å². The second-order valence-corrected chi connectivity index (χ2v) is 6.56. The van der Waals surface area contributed by atoms with Crippen molar-refractivity contribution in [3.63, 3.8) is 0 Å². The summed E-state index contributed by atoms with van der Waals surface area (Å²) in [7, 11) is 0. The molecule has 2 unspecified atom stereocenters. The van der Waals surface area contributed by atoms with E-state index in [9.17, 15) is 9.90 Å². The molecule has 2 heterocycles. The number of amides is 1. The SMILES string of the molecule is CC1(C)CC2=C(OC(C(O)CN)C2)C2=C1NC(=O)CC2.Cl. The monoisotopic (exact) mass is 314 g/mol. The summed E-state index contributed by atoms with van der Waals surface area (Å²) in [6.07, 6.45) is 1.93. The van der Waals surface area contributed by atoms with Gasteiger partial charge in [-0.1, -0.05) is 13.8 Å². The van der Waals surface area contributed by atoms with Crippen LogP contribution in [0, 0.1) is 5.41 Å². The number of halogens is 1. The Morgan fingerprint density at radius 3 is 2.86 bits per heavy atom. The first-order chi connectivity index (χ1) is 9.42. The molecule has 118 valence electrons. The highest BCUT2D eigenvalue weighted by molar-refractivity contribution is 5.85. The maximum atomic E-state index is 11.7. The molecule has 2 aliphatic heterocycles. The lowest BCUT2D eigenvalue weighted by Gasteiger charge is -2.37. The molecule has 1 amide bonds. The number of ether oxygens (including phenoxy) is 1. The second-order valence-electron chi connectivity index (χ2n) is 6.56. The van der Waals surface area contributed by atoms with Crippen LogP contribution in [0.4, 0.5) is 0 Å². The van der Waals surface area contributed by atoms with Gasteiger partial charge >= 0.3 is 0 Å². The van der Waals surface area contributed by atoms with Crippen molar-refractivity contribution in [1.82, 2.24) is 5.32 Å². The molecule has 0 saturated heterocycles. The minimum atomic E-state index is -0.633. The predicted octanol–water partition coefficient (Wildman–Crippen LogP) is 1.36. The van der Waals surface area contributed by atoms with Crippen molar-refractivity contribution in [2.24, 2.45) is 11.1 Å². The number of aliphatic hydroxyl groups is 1. The maximum Gasteiger partial charge on any atom is 0.224 e. The van der Waals surface area contributed by atoms with Gasteiger partial charge < -0.3 is 20.9 Å². The summed E-state index contributed by atoms with van der Waals surface area (Å²) < 4.78 is 5.96. The van der Waals surface area contributed by atoms with Crippen LogP contribution in [-0.4, -0.2) is 29.8 Å². The number of fused-ring (bicyclic) bond motifs is 1. The van der Waals surface area contributed by atoms with Crippen molar-refractivity contribution in [2.45, 2.75) is 51.7 Å². The Kier molecular flexibility index (Phi) is 4.38. The molecule has 6 heteroatoms. The van der Waals surface area contributed by atoms with Crippen molar-refractivity contribution in [3.05, 3.63) is 22.6 Å². The molecule has 0 radical (unpaired) electrons. The zero-order valence-electron chi connectivity index (χ0n) is 12.4. The van der Waals surface area contributed by atoms with Crippen LogP contribution in [0.1, 0.15) is 39.5 Å². The number of nitrogens with one attached hydrogen (secondary N) is 1. The first kappa shape index (κ1) is 16.3. The lowest BCUT2D eigenvalue weighted by molar-refractivity contribution is -0.121. The molecule has 0 aromatic heterocycles. The Morgan fingerprint density at radius 2 is 2.19 bits per heavy atom. The summed E-state index contributed by atoms with van der Waals surface area (Å²) in [5.74, 6) is 0.981. The van der Waals surface area contributed by atoms with Crippen molar-refractivity contribution >= 4 is 18.3 Å². The molecule has 0 spiro atoms. The fourth-order valence-corrected chi connectivity index (χ4v) is 3.48. The second kappa shape index (κ2) is 5.63. The molecule has 0 aromatic rings. The molecule has 2 atom stereocenters. The number of rotatable bonds is 2. The minimum Gasteiger partial charge on any atom is -0.487 e. The predicted molar refractivity (Wildman–Crippen MR) is 81.6 cm³/mol. The Hall–Kier alpha value is -1.04. The molecule has 1 aliphatic carbocycles. The number of carbonyl (C=O) groups excluding carboxylic acids is 1. The van der Waals surface area contributed by atoms with Gasteiger partial charge in [0.15, 0.2) is 0 Å². The van der Waals surface area contributed by atoms with Gasteiger partial charge in [0, 0.05) is 36.1 Å². The fourth-order valence-electron chi connectivity index (χ4n) is 3.48. The van der Waals surface area contributed by atoms with E-state index in [-0.39, 0.29) is 36.4 Å². The average Bonchev–Trinajstić information content (AvgIpc) is 2.81. The summed E-state index contributed by atoms with van der Waals surface area (Å²) in [6, 6.07) is 0. The quantitative estimate of drug-likeness (QED) is 0.718.